The van der Waals surface area contributed by atoms with Gasteiger partial charge in [-0.2, -0.15) is 0 Å². The molecule has 380 valence electrons. The number of alkyl halides is 5. The van der Waals surface area contributed by atoms with Crippen molar-refractivity contribution in [2.24, 2.45) is 11.3 Å². The number of nitrogens with one attached hydrogen (secondary N) is 2. The van der Waals surface area contributed by atoms with E-state index in [1.807, 2.05) is 50.9 Å². The number of pyridine rings is 1. The van der Waals surface area contributed by atoms with Crippen LogP contribution in [0.25, 0.3) is 33.3 Å². The van der Waals surface area contributed by atoms with Crippen LogP contribution in [0.1, 0.15) is 77.3 Å². The SMILES string of the molecule is CCn1c(-c2cccnc2[C@H](C)OC)c2c3cc(ccc31)-c1cc(O)cc(c1)C[C@H](NC(=O)[C@H](C(C)C)N(C)C[C@@H]1CN(C(=O)/C=C/C(F)(F)F)CC[I-]1)C(=O)N1CCC[C@H](N1)C(=O)OCC(C)(C)C2. The number of allylic oxidation sites excluding steroid dienone is 1. The molecule has 3 aliphatic heterocycles. The Morgan fingerprint density at radius 1 is 1.11 bits per heavy atom. The predicted octanol–water partition coefficient (Wildman–Crippen LogP) is 3.83. The van der Waals surface area contributed by atoms with Gasteiger partial charge in [0.05, 0.1) is 24.1 Å². The third-order valence-electron chi connectivity index (χ3n) is 13.4. The van der Waals surface area contributed by atoms with Crippen LogP contribution in [-0.4, -0.2) is 133 Å². The van der Waals surface area contributed by atoms with E-state index >= 15 is 0 Å². The number of benzene rings is 2. The topological polar surface area (TPSA) is 159 Å². The monoisotopic (exact) mass is 1080 g/mol. The number of nitrogens with zero attached hydrogens (tertiary/aromatic N) is 5. The summed E-state index contributed by atoms with van der Waals surface area (Å²) < 4.78 is 53.5. The number of methoxy groups -OCH3 is 1. The van der Waals surface area contributed by atoms with Crippen LogP contribution in [-0.2, 0) is 48.0 Å². The van der Waals surface area contributed by atoms with E-state index in [1.54, 1.807) is 25.4 Å². The molecule has 0 unspecified atom stereocenters. The van der Waals surface area contributed by atoms with E-state index in [2.05, 4.69) is 54.3 Å². The number of likely N-dealkylation sites (N-methyl/N-ethyl adjacent to an activating group) is 1. The molecular formula is C52H66F3IN7O7-. The first kappa shape index (κ1) is 52.8. The Balaban J connectivity index is 1.26. The Bertz CT molecular complexity index is 2600. The maximum absolute atomic E-state index is 14.8. The Morgan fingerprint density at radius 2 is 1.89 bits per heavy atom. The molecule has 70 heavy (non-hydrogen) atoms. The number of esters is 1. The number of hydrazine groups is 1. The van der Waals surface area contributed by atoms with Gasteiger partial charge in [0, 0.05) is 41.7 Å². The summed E-state index contributed by atoms with van der Waals surface area (Å²) in [5.74, 6) is -2.30. The summed E-state index contributed by atoms with van der Waals surface area (Å²) >= 11 is -0.430. The zero-order valence-corrected chi connectivity index (χ0v) is 43.4. The van der Waals surface area contributed by atoms with Gasteiger partial charge in [-0.05, 0) is 50.1 Å². The predicted molar refractivity (Wildman–Crippen MR) is 257 cm³/mol. The van der Waals surface area contributed by atoms with Crippen molar-refractivity contribution in [2.45, 2.75) is 108 Å². The number of phenols is 1. The minimum atomic E-state index is -4.60. The van der Waals surface area contributed by atoms with Crippen molar-refractivity contribution in [1.29, 1.82) is 0 Å². The number of cyclic esters (lactones) is 1. The Morgan fingerprint density at radius 3 is 2.60 bits per heavy atom. The number of phenolic OH excluding ortho intramolecular Hbond substituents is 1. The number of amides is 3. The molecule has 2 aromatic carbocycles. The molecule has 0 aliphatic carbocycles. The molecule has 0 spiro atoms. The quantitative estimate of drug-likeness (QED) is 0.0874. The number of halogens is 4. The first-order valence-corrected chi connectivity index (χ1v) is 26.8. The average molecular weight is 1090 g/mol. The van der Waals surface area contributed by atoms with Gasteiger partial charge in [-0.25, -0.2) is 0 Å². The number of hydrogen-bond donors (Lipinski definition) is 3. The second-order valence-electron chi connectivity index (χ2n) is 19.8. The van der Waals surface area contributed by atoms with Crippen molar-refractivity contribution < 1.29 is 68.1 Å². The molecule has 7 rings (SSSR count). The molecule has 18 heteroatoms. The Hall–Kier alpha value is -5.05. The van der Waals surface area contributed by atoms with Gasteiger partial charge in [-0.1, -0.05) is 19.9 Å². The van der Waals surface area contributed by atoms with E-state index in [4.69, 9.17) is 14.5 Å². The minimum Gasteiger partial charge on any atom is -0.464 e. The summed E-state index contributed by atoms with van der Waals surface area (Å²) in [5, 5.41) is 16.8. The zero-order valence-electron chi connectivity index (χ0n) is 41.2. The van der Waals surface area contributed by atoms with Gasteiger partial charge in [0.25, 0.3) is 0 Å². The van der Waals surface area contributed by atoms with E-state index in [1.165, 1.54) is 9.91 Å². The summed E-state index contributed by atoms with van der Waals surface area (Å²) in [5.41, 5.74) is 9.47. The molecule has 3 aliphatic rings. The van der Waals surface area contributed by atoms with Crippen LogP contribution in [0.3, 0.4) is 0 Å². The fraction of sp³-hybridized carbons (Fsp3) is 0.519. The van der Waals surface area contributed by atoms with Crippen molar-refractivity contribution in [3.05, 3.63) is 83.7 Å². The van der Waals surface area contributed by atoms with E-state index in [-0.39, 0.29) is 53.9 Å². The molecular weight excluding hydrogens is 1020 g/mol. The molecule has 2 fully saturated rings. The summed E-state index contributed by atoms with van der Waals surface area (Å²) in [6, 6.07) is 12.7. The summed E-state index contributed by atoms with van der Waals surface area (Å²) in [4.78, 5) is 64.2. The van der Waals surface area contributed by atoms with Gasteiger partial charge in [0.15, 0.2) is 0 Å². The van der Waals surface area contributed by atoms with Gasteiger partial charge in [-0.3, -0.25) is 9.78 Å². The van der Waals surface area contributed by atoms with Crippen LogP contribution in [0.2, 0.25) is 0 Å². The standard InChI is InChI=1S/C52H66F3IN7O7/c1-9-62-43-15-14-34-26-39(43)40(47(62)38-12-10-19-57-45(38)32(4)69-8)27-51(5,6)30-70-50(68)41-13-11-20-63(59-41)49(67)42(24-33-22-35(34)25-37(64)23-33)58-48(66)46(31(2)3)60(7)28-36-29-61(21-18-56-36)44(65)16-17-52(53,54)55/h10,12,14-17,19,22-23,25-26,31-32,36,41-42,46,59,64H,9,11,13,18,20-21,24,27-30H2,1-8H3,(H,58,66)/q-1/b17-16+/t32-,36+,41-,42-,46-/m0/s1. The second kappa shape index (κ2) is 22.2. The van der Waals surface area contributed by atoms with E-state index < -0.39 is 74.6 Å². The molecule has 3 N–H and O–H groups in total. The number of fused-ring (bicyclic) bond motifs is 6. The molecule has 3 amide bonds. The van der Waals surface area contributed by atoms with Crippen LogP contribution in [0.15, 0.2) is 66.9 Å². The second-order valence-corrected chi connectivity index (χ2v) is 23.5. The smallest absolute Gasteiger partial charge is 0.464 e. The van der Waals surface area contributed by atoms with Crippen molar-refractivity contribution in [1.82, 2.24) is 35.1 Å². The summed E-state index contributed by atoms with van der Waals surface area (Å²) in [6.45, 7) is 14.1. The normalized spacial score (nSPS) is 21.4. The minimum absolute atomic E-state index is 0.00389. The van der Waals surface area contributed by atoms with Gasteiger partial charge in [0.1, 0.15) is 0 Å². The number of ether oxygens (including phenoxy) is 2. The van der Waals surface area contributed by atoms with Crippen molar-refractivity contribution in [3.8, 4) is 28.1 Å². The molecule has 5 atom stereocenters. The van der Waals surface area contributed by atoms with Crippen LogP contribution >= 0.6 is 0 Å². The van der Waals surface area contributed by atoms with E-state index in [0.717, 1.165) is 39.0 Å². The number of hydrogen-bond acceptors (Lipinski definition) is 10. The van der Waals surface area contributed by atoms with Crippen LogP contribution in [0, 0.1) is 11.3 Å². The molecule has 6 bridgehead atoms. The van der Waals surface area contributed by atoms with Gasteiger partial charge in [-0.15, -0.1) is 0 Å². The first-order valence-electron chi connectivity index (χ1n) is 24.0. The van der Waals surface area contributed by atoms with Crippen molar-refractivity contribution in [2.75, 3.05) is 51.4 Å². The first-order chi connectivity index (χ1) is 33.2. The molecule has 14 nitrogen and oxygen atoms in total. The van der Waals surface area contributed by atoms with Crippen LogP contribution < -0.4 is 31.9 Å². The molecule has 5 heterocycles. The number of aromatic nitrogens is 2. The van der Waals surface area contributed by atoms with Gasteiger partial charge in [0.2, 0.25) is 0 Å². The third-order valence-corrected chi connectivity index (χ3v) is 16.5. The van der Waals surface area contributed by atoms with Crippen LogP contribution in [0.4, 0.5) is 13.2 Å². The van der Waals surface area contributed by atoms with Crippen molar-refractivity contribution in [3.63, 3.8) is 0 Å². The number of carbonyl (C=O) groups is 4. The fourth-order valence-corrected chi connectivity index (χ4v) is 13.4. The van der Waals surface area contributed by atoms with E-state index in [0.29, 0.717) is 60.5 Å². The molecule has 4 aromatic rings. The molecule has 2 saturated heterocycles. The summed E-state index contributed by atoms with van der Waals surface area (Å²) in [6.07, 6.45) is -1.13. The summed E-state index contributed by atoms with van der Waals surface area (Å²) in [7, 11) is 3.47. The molecule has 2 aromatic heterocycles. The van der Waals surface area contributed by atoms with Gasteiger partial charge >= 0.3 is 261 Å². The Labute approximate surface area is 418 Å². The Kier molecular flexibility index (Phi) is 16.7. The number of aromatic hydroxyl groups is 1. The number of aryl methyl sites for hydroxylation is 1. The number of carbonyl (C=O) groups excluding carboxylic acids is 4. The number of rotatable bonds is 11. The average Bonchev–Trinajstić information content (AvgIpc) is 3.62. The maximum atomic E-state index is 14.8. The molecule has 0 radical (unpaired) electrons. The van der Waals surface area contributed by atoms with Gasteiger partial charge < -0.3 is 14.0 Å². The molecule has 0 saturated carbocycles. The van der Waals surface area contributed by atoms with E-state index in [9.17, 15) is 37.5 Å². The van der Waals surface area contributed by atoms with Crippen molar-refractivity contribution >= 4 is 34.6 Å². The zero-order chi connectivity index (χ0) is 50.7. The van der Waals surface area contributed by atoms with Crippen LogP contribution in [0.5, 0.6) is 5.75 Å². The third kappa shape index (κ3) is 12.3. The fourth-order valence-electron chi connectivity index (χ4n) is 10.0.